The minimum Gasteiger partial charge on any atom is -0.444 e. The van der Waals surface area contributed by atoms with Crippen molar-refractivity contribution < 1.29 is 18.5 Å². The maximum Gasteiger partial charge on any atom is 0.407 e. The lowest BCUT2D eigenvalue weighted by Crippen LogP contribution is -2.43. The number of carbonyl (C=O) groups excluding carboxylic acids is 1. The third kappa shape index (κ3) is 6.05. The molecule has 0 radical (unpaired) electrons. The molecule has 2 aliphatic heterocycles. The average Bonchev–Trinajstić information content (AvgIpc) is 3.30. The number of nitrogens with two attached hydrogens (primary N) is 1. The number of benzene rings is 2. The van der Waals surface area contributed by atoms with Crippen LogP contribution in [0.15, 0.2) is 71.3 Å². The summed E-state index contributed by atoms with van der Waals surface area (Å²) in [5.41, 5.74) is 8.75. The van der Waals surface area contributed by atoms with E-state index >= 15 is 0 Å². The zero-order valence-electron chi connectivity index (χ0n) is 20.7. The molecule has 7 nitrogen and oxygen atoms in total. The number of nitrogens with one attached hydrogen (secondary N) is 1. The van der Waals surface area contributed by atoms with Crippen LogP contribution >= 0.6 is 0 Å². The van der Waals surface area contributed by atoms with E-state index in [1.54, 1.807) is 0 Å². The second-order valence-corrected chi connectivity index (χ2v) is 14.0. The molecule has 1 amide bonds. The van der Waals surface area contributed by atoms with Gasteiger partial charge in [0.1, 0.15) is 6.10 Å². The molecule has 0 aliphatic carbocycles. The Kier molecular flexibility index (Phi) is 7.52. The first-order chi connectivity index (χ1) is 16.8. The molecule has 0 unspecified atom stereocenters. The predicted octanol–water partition coefficient (Wildman–Crippen LogP) is 4.12. The number of ether oxygens (including phenoxy) is 2. The van der Waals surface area contributed by atoms with Crippen molar-refractivity contribution in [2.75, 3.05) is 37.0 Å². The number of nitrogen functional groups attached to an aromatic ring is 1. The van der Waals surface area contributed by atoms with Crippen LogP contribution in [-0.4, -0.2) is 58.0 Å². The molecule has 0 spiro atoms. The van der Waals surface area contributed by atoms with Crippen LogP contribution in [0.5, 0.6) is 0 Å². The van der Waals surface area contributed by atoms with Crippen LogP contribution in [0.3, 0.4) is 0 Å². The van der Waals surface area contributed by atoms with Gasteiger partial charge in [0.2, 0.25) is 0 Å². The first-order valence-electron chi connectivity index (χ1n) is 12.3. The van der Waals surface area contributed by atoms with Gasteiger partial charge in [0.15, 0.2) is 0 Å². The van der Waals surface area contributed by atoms with Gasteiger partial charge in [-0.2, -0.15) is 0 Å². The zero-order chi connectivity index (χ0) is 24.9. The van der Waals surface area contributed by atoms with E-state index in [2.05, 4.69) is 17.4 Å². The van der Waals surface area contributed by atoms with Gasteiger partial charge >= 0.3 is 6.09 Å². The van der Waals surface area contributed by atoms with Gasteiger partial charge in [-0.15, -0.1) is 0 Å². The number of anilines is 1. The molecule has 2 saturated heterocycles. The van der Waals surface area contributed by atoms with Crippen molar-refractivity contribution in [1.82, 2.24) is 9.62 Å². The number of hydrogen-bond donors (Lipinski definition) is 2. The van der Waals surface area contributed by atoms with E-state index < -0.39 is 15.3 Å². The lowest BCUT2D eigenvalue weighted by Gasteiger charge is -2.38. The fourth-order valence-corrected chi connectivity index (χ4v) is 8.40. The molecule has 8 heteroatoms. The van der Waals surface area contributed by atoms with E-state index in [4.69, 9.17) is 15.2 Å². The van der Waals surface area contributed by atoms with Gasteiger partial charge in [0.05, 0.1) is 13.2 Å². The van der Waals surface area contributed by atoms with Crippen LogP contribution in [0.2, 0.25) is 0 Å². The smallest absolute Gasteiger partial charge is 0.407 e. The SMILES string of the molecule is CC(C)=CN(CC[C@H](Cc1ccccc1)NC(=O)O[C@H]1CCOC1)S1(=O)(c2ccc(N)cc2)CC1. The molecule has 2 aromatic carbocycles. The summed E-state index contributed by atoms with van der Waals surface area (Å²) in [5.74, 6) is 1.26. The summed E-state index contributed by atoms with van der Waals surface area (Å²) in [5, 5.41) is 3.06. The molecule has 0 saturated carbocycles. The summed E-state index contributed by atoms with van der Waals surface area (Å²) < 4.78 is 27.5. The van der Waals surface area contributed by atoms with Crippen molar-refractivity contribution in [1.29, 1.82) is 0 Å². The Labute approximate surface area is 208 Å². The molecule has 0 aromatic heterocycles. The van der Waals surface area contributed by atoms with Crippen LogP contribution in [-0.2, 0) is 25.1 Å². The van der Waals surface area contributed by atoms with E-state index in [0.717, 1.165) is 22.5 Å². The highest BCUT2D eigenvalue weighted by Gasteiger charge is 2.55. The maximum atomic E-state index is 14.6. The third-order valence-electron chi connectivity index (χ3n) is 6.63. The quantitative estimate of drug-likeness (QED) is 0.379. The Morgan fingerprint density at radius 3 is 2.51 bits per heavy atom. The van der Waals surface area contributed by atoms with Crippen molar-refractivity contribution in [2.45, 2.75) is 50.2 Å². The molecule has 190 valence electrons. The third-order valence-corrected chi connectivity index (χ3v) is 10.9. The van der Waals surface area contributed by atoms with Gasteiger partial charge in [-0.1, -0.05) is 35.9 Å². The Balaban J connectivity index is 1.52. The highest BCUT2D eigenvalue weighted by Crippen LogP contribution is 2.51. The van der Waals surface area contributed by atoms with Crippen molar-refractivity contribution in [3.63, 3.8) is 0 Å². The maximum absolute atomic E-state index is 14.6. The number of allylic oxidation sites excluding steroid dienone is 1. The van der Waals surface area contributed by atoms with Gasteiger partial charge in [-0.3, -0.25) is 4.21 Å². The lowest BCUT2D eigenvalue weighted by molar-refractivity contribution is 0.0804. The van der Waals surface area contributed by atoms with E-state index in [0.29, 0.717) is 49.8 Å². The standard InChI is InChI=1S/C27H37N3O4S/c1-21(2)19-30(35(32,16-17-35)26-10-8-23(28)9-11-26)14-12-24(18-22-6-4-3-5-7-22)29-27(31)34-25-13-15-33-20-25/h3-11,19,24-25H,12-18,20,28H2,1-2H3,(H,29,31)/t24-,25+/m1/s1. The van der Waals surface area contributed by atoms with E-state index in [1.807, 2.05) is 66.8 Å². The Morgan fingerprint density at radius 2 is 1.91 bits per heavy atom. The molecule has 2 aliphatic rings. The zero-order valence-corrected chi connectivity index (χ0v) is 21.5. The minimum absolute atomic E-state index is 0.171. The highest BCUT2D eigenvalue weighted by molar-refractivity contribution is 8.24. The topological polar surface area (TPSA) is 93.9 Å². The first-order valence-corrected chi connectivity index (χ1v) is 14.5. The molecule has 2 heterocycles. The van der Waals surface area contributed by atoms with Crippen molar-refractivity contribution in [3.8, 4) is 0 Å². The molecule has 35 heavy (non-hydrogen) atoms. The number of amides is 1. The molecule has 2 aromatic rings. The van der Waals surface area contributed by atoms with Crippen LogP contribution < -0.4 is 11.1 Å². The highest BCUT2D eigenvalue weighted by atomic mass is 32.3. The van der Waals surface area contributed by atoms with Crippen molar-refractivity contribution >= 4 is 21.0 Å². The van der Waals surface area contributed by atoms with E-state index in [9.17, 15) is 9.00 Å². The van der Waals surface area contributed by atoms with E-state index in [1.165, 1.54) is 0 Å². The second kappa shape index (κ2) is 10.4. The average molecular weight is 500 g/mol. The summed E-state index contributed by atoms with van der Waals surface area (Å²) >= 11 is 0. The number of rotatable bonds is 10. The first kappa shape index (κ1) is 25.3. The number of alkyl carbamates (subject to hydrolysis) is 1. The molecule has 0 bridgehead atoms. The summed E-state index contributed by atoms with van der Waals surface area (Å²) in [6.07, 6.45) is 3.38. The second-order valence-electron chi connectivity index (χ2n) is 9.77. The number of carbonyl (C=O) groups is 1. The summed E-state index contributed by atoms with van der Waals surface area (Å²) in [4.78, 5) is 13.5. The Morgan fingerprint density at radius 1 is 1.20 bits per heavy atom. The summed E-state index contributed by atoms with van der Waals surface area (Å²) in [6.45, 7) is 5.63. The van der Waals surface area contributed by atoms with Gasteiger partial charge in [-0.05, 0) is 65.8 Å². The minimum atomic E-state index is -3.18. The van der Waals surface area contributed by atoms with Crippen molar-refractivity contribution in [2.24, 2.45) is 0 Å². The Hall–Kier alpha value is -2.84. The molecular formula is C27H37N3O4S. The monoisotopic (exact) mass is 499 g/mol. The van der Waals surface area contributed by atoms with Crippen molar-refractivity contribution in [3.05, 3.63) is 71.9 Å². The van der Waals surface area contributed by atoms with Gasteiger partial charge in [0.25, 0.3) is 0 Å². The van der Waals surface area contributed by atoms with Crippen LogP contribution in [0.4, 0.5) is 10.5 Å². The summed E-state index contributed by atoms with van der Waals surface area (Å²) in [6, 6.07) is 17.3. The lowest BCUT2D eigenvalue weighted by atomic mass is 10.0. The predicted molar refractivity (Wildman–Crippen MR) is 141 cm³/mol. The molecule has 2 fully saturated rings. The normalized spacial score (nSPS) is 21.7. The molecule has 2 atom stereocenters. The molecule has 4 rings (SSSR count). The van der Waals surface area contributed by atoms with Gasteiger partial charge in [-0.25, -0.2) is 4.79 Å². The van der Waals surface area contributed by atoms with Crippen LogP contribution in [0.1, 0.15) is 32.3 Å². The fraction of sp³-hybridized carbons (Fsp3) is 0.444. The van der Waals surface area contributed by atoms with Crippen LogP contribution in [0, 0.1) is 0 Å². The van der Waals surface area contributed by atoms with Gasteiger partial charge < -0.3 is 24.8 Å². The van der Waals surface area contributed by atoms with Gasteiger partial charge in [0, 0.05) is 47.3 Å². The Bertz CT molecular complexity index is 1100. The molecule has 3 N–H and O–H groups in total. The largest absolute Gasteiger partial charge is 0.444 e. The number of hydrogen-bond acceptors (Lipinski definition) is 5. The van der Waals surface area contributed by atoms with E-state index in [-0.39, 0.29) is 12.1 Å². The molecular weight excluding hydrogens is 462 g/mol. The van der Waals surface area contributed by atoms with Crippen LogP contribution in [0.25, 0.3) is 0 Å². The summed E-state index contributed by atoms with van der Waals surface area (Å²) in [7, 11) is -3.18. The fourth-order valence-electron chi connectivity index (χ4n) is 4.55. The number of nitrogens with zero attached hydrogens (tertiary/aromatic N) is 1.